The van der Waals surface area contributed by atoms with Gasteiger partial charge in [0.05, 0.1) is 6.42 Å². The number of amides is 1. The average Bonchev–Trinajstić information content (AvgIpc) is 2.18. The number of nitrogens with one attached hydrogen (secondary N) is 1. The normalized spacial score (nSPS) is 18.6. The summed E-state index contributed by atoms with van der Waals surface area (Å²) in [5.41, 5.74) is -0.485. The molecule has 1 aliphatic heterocycles. The van der Waals surface area contributed by atoms with Crippen molar-refractivity contribution in [1.82, 2.24) is 10.2 Å². The van der Waals surface area contributed by atoms with E-state index in [0.717, 1.165) is 25.9 Å². The standard InChI is InChI=1S/C13H24N2O3/c1-13(2,9-12(17)18)8-11(16)14-10-4-6-15(3)7-5-10/h10H,4-9H2,1-3H3,(H,14,16)(H,17,18). The van der Waals surface area contributed by atoms with Gasteiger partial charge in [0, 0.05) is 12.5 Å². The Morgan fingerprint density at radius 3 is 2.33 bits per heavy atom. The third kappa shape index (κ3) is 5.49. The number of likely N-dealkylation sites (tertiary alicyclic amines) is 1. The lowest BCUT2D eigenvalue weighted by atomic mass is 9.85. The molecule has 1 rings (SSSR count). The monoisotopic (exact) mass is 256 g/mol. The van der Waals surface area contributed by atoms with Crippen LogP contribution in [0, 0.1) is 5.41 Å². The van der Waals surface area contributed by atoms with E-state index in [4.69, 9.17) is 5.11 Å². The molecule has 0 spiro atoms. The number of carbonyl (C=O) groups excluding carboxylic acids is 1. The summed E-state index contributed by atoms with van der Waals surface area (Å²) in [6.45, 7) is 5.64. The Morgan fingerprint density at radius 1 is 1.28 bits per heavy atom. The number of carboxylic acid groups (broad SMARTS) is 1. The lowest BCUT2D eigenvalue weighted by molar-refractivity contribution is -0.139. The van der Waals surface area contributed by atoms with Crippen LogP contribution in [0.5, 0.6) is 0 Å². The molecule has 18 heavy (non-hydrogen) atoms. The summed E-state index contributed by atoms with van der Waals surface area (Å²) in [5.74, 6) is -0.886. The zero-order chi connectivity index (χ0) is 13.8. The molecule has 1 saturated heterocycles. The summed E-state index contributed by atoms with van der Waals surface area (Å²) in [6, 6.07) is 0.245. The first-order valence-electron chi connectivity index (χ1n) is 6.48. The Bertz CT molecular complexity index is 307. The van der Waals surface area contributed by atoms with Crippen molar-refractivity contribution >= 4 is 11.9 Å². The fourth-order valence-corrected chi connectivity index (χ4v) is 2.34. The maximum absolute atomic E-state index is 11.9. The molecule has 0 saturated carbocycles. The van der Waals surface area contributed by atoms with Crippen LogP contribution in [0.3, 0.4) is 0 Å². The van der Waals surface area contributed by atoms with Crippen molar-refractivity contribution in [3.8, 4) is 0 Å². The molecule has 0 radical (unpaired) electrons. The number of piperidine rings is 1. The lowest BCUT2D eigenvalue weighted by Gasteiger charge is -2.30. The van der Waals surface area contributed by atoms with Crippen LogP contribution in [0.4, 0.5) is 0 Å². The van der Waals surface area contributed by atoms with Gasteiger partial charge in [0.25, 0.3) is 0 Å². The Balaban J connectivity index is 2.35. The summed E-state index contributed by atoms with van der Waals surface area (Å²) in [5, 5.41) is 11.8. The van der Waals surface area contributed by atoms with Crippen molar-refractivity contribution in [2.45, 2.75) is 45.6 Å². The molecule has 104 valence electrons. The molecular formula is C13H24N2O3. The van der Waals surface area contributed by atoms with Gasteiger partial charge in [-0.1, -0.05) is 13.8 Å². The van der Waals surface area contributed by atoms with Crippen molar-refractivity contribution in [3.05, 3.63) is 0 Å². The first-order chi connectivity index (χ1) is 8.28. The summed E-state index contributed by atoms with van der Waals surface area (Å²) >= 11 is 0. The lowest BCUT2D eigenvalue weighted by Crippen LogP contribution is -2.44. The van der Waals surface area contributed by atoms with Crippen LogP contribution in [0.15, 0.2) is 0 Å². The van der Waals surface area contributed by atoms with Crippen molar-refractivity contribution in [2.24, 2.45) is 5.41 Å². The molecular weight excluding hydrogens is 232 g/mol. The number of rotatable bonds is 5. The van der Waals surface area contributed by atoms with Crippen LogP contribution < -0.4 is 5.32 Å². The van der Waals surface area contributed by atoms with Gasteiger partial charge in [-0.05, 0) is 38.4 Å². The minimum atomic E-state index is -0.855. The predicted molar refractivity (Wildman–Crippen MR) is 69.3 cm³/mol. The van der Waals surface area contributed by atoms with Gasteiger partial charge in [-0.15, -0.1) is 0 Å². The van der Waals surface area contributed by atoms with E-state index in [1.807, 2.05) is 13.8 Å². The van der Waals surface area contributed by atoms with Crippen molar-refractivity contribution in [1.29, 1.82) is 0 Å². The molecule has 2 N–H and O–H groups in total. The molecule has 0 unspecified atom stereocenters. The topological polar surface area (TPSA) is 69.6 Å². The van der Waals surface area contributed by atoms with E-state index in [-0.39, 0.29) is 24.8 Å². The van der Waals surface area contributed by atoms with E-state index in [0.29, 0.717) is 0 Å². The molecule has 1 heterocycles. The van der Waals surface area contributed by atoms with Crippen LogP contribution in [0.25, 0.3) is 0 Å². The molecule has 0 bridgehead atoms. The van der Waals surface area contributed by atoms with Crippen LogP contribution >= 0.6 is 0 Å². The van der Waals surface area contributed by atoms with Crippen molar-refractivity contribution in [2.75, 3.05) is 20.1 Å². The Morgan fingerprint density at radius 2 is 1.83 bits per heavy atom. The van der Waals surface area contributed by atoms with Crippen molar-refractivity contribution in [3.63, 3.8) is 0 Å². The van der Waals surface area contributed by atoms with Gasteiger partial charge in [-0.3, -0.25) is 9.59 Å². The van der Waals surface area contributed by atoms with Crippen LogP contribution in [-0.4, -0.2) is 48.1 Å². The molecule has 5 nitrogen and oxygen atoms in total. The molecule has 1 amide bonds. The number of aliphatic carboxylic acids is 1. The number of hydrogen-bond acceptors (Lipinski definition) is 3. The minimum absolute atomic E-state index is 0.0217. The smallest absolute Gasteiger partial charge is 0.303 e. The van der Waals surface area contributed by atoms with E-state index in [1.54, 1.807) is 0 Å². The first-order valence-corrected chi connectivity index (χ1v) is 6.48. The number of hydrogen-bond donors (Lipinski definition) is 2. The SMILES string of the molecule is CN1CCC(NC(=O)CC(C)(C)CC(=O)O)CC1. The average molecular weight is 256 g/mol. The molecule has 0 aromatic carbocycles. The first kappa shape index (κ1) is 15.0. The number of nitrogens with zero attached hydrogens (tertiary/aromatic N) is 1. The van der Waals surface area contributed by atoms with E-state index in [9.17, 15) is 9.59 Å². The van der Waals surface area contributed by atoms with Gasteiger partial charge in [0.15, 0.2) is 0 Å². The summed E-state index contributed by atoms with van der Waals surface area (Å²) in [7, 11) is 2.08. The molecule has 0 atom stereocenters. The second-order valence-electron chi connectivity index (χ2n) is 6.06. The van der Waals surface area contributed by atoms with Crippen molar-refractivity contribution < 1.29 is 14.7 Å². The molecule has 5 heteroatoms. The second kappa shape index (κ2) is 6.18. The Labute approximate surface area is 109 Å². The van der Waals surface area contributed by atoms with E-state index >= 15 is 0 Å². The van der Waals surface area contributed by atoms with Gasteiger partial charge < -0.3 is 15.3 Å². The van der Waals surface area contributed by atoms with E-state index in [2.05, 4.69) is 17.3 Å². The number of carbonyl (C=O) groups is 2. The summed E-state index contributed by atoms with van der Waals surface area (Å²) in [6.07, 6.45) is 2.24. The maximum Gasteiger partial charge on any atom is 0.303 e. The van der Waals surface area contributed by atoms with Gasteiger partial charge in [0.1, 0.15) is 0 Å². The summed E-state index contributed by atoms with van der Waals surface area (Å²) < 4.78 is 0. The quantitative estimate of drug-likeness (QED) is 0.772. The minimum Gasteiger partial charge on any atom is -0.481 e. The summed E-state index contributed by atoms with van der Waals surface area (Å²) in [4.78, 5) is 24.8. The highest BCUT2D eigenvalue weighted by molar-refractivity contribution is 5.78. The van der Waals surface area contributed by atoms with Gasteiger partial charge >= 0.3 is 5.97 Å². The van der Waals surface area contributed by atoms with E-state index in [1.165, 1.54) is 0 Å². The van der Waals surface area contributed by atoms with E-state index < -0.39 is 11.4 Å². The number of carboxylic acids is 1. The second-order valence-corrected chi connectivity index (χ2v) is 6.06. The zero-order valence-corrected chi connectivity index (χ0v) is 11.5. The maximum atomic E-state index is 11.9. The van der Waals surface area contributed by atoms with Gasteiger partial charge in [-0.2, -0.15) is 0 Å². The van der Waals surface area contributed by atoms with Crippen LogP contribution in [0.2, 0.25) is 0 Å². The molecule has 0 aromatic rings. The zero-order valence-electron chi connectivity index (χ0n) is 11.5. The molecule has 0 aliphatic carbocycles. The fourth-order valence-electron chi connectivity index (χ4n) is 2.34. The van der Waals surface area contributed by atoms with Crippen LogP contribution in [0.1, 0.15) is 39.5 Å². The highest BCUT2D eigenvalue weighted by Gasteiger charge is 2.26. The highest BCUT2D eigenvalue weighted by Crippen LogP contribution is 2.25. The highest BCUT2D eigenvalue weighted by atomic mass is 16.4. The molecule has 0 aromatic heterocycles. The third-order valence-corrected chi connectivity index (χ3v) is 3.35. The molecule has 1 aliphatic rings. The van der Waals surface area contributed by atoms with Crippen LogP contribution in [-0.2, 0) is 9.59 Å². The van der Waals surface area contributed by atoms with Gasteiger partial charge in [-0.25, -0.2) is 0 Å². The fraction of sp³-hybridized carbons (Fsp3) is 0.846. The predicted octanol–water partition coefficient (Wildman–Crippen LogP) is 1.09. The molecule has 1 fully saturated rings. The Hall–Kier alpha value is -1.10. The third-order valence-electron chi connectivity index (χ3n) is 3.35. The largest absolute Gasteiger partial charge is 0.481 e. The van der Waals surface area contributed by atoms with Gasteiger partial charge in [0.2, 0.25) is 5.91 Å². The Kier molecular flexibility index (Phi) is 5.14.